The molecular formula is C15H28N2O4. The average Bonchev–Trinajstić information content (AvgIpc) is 2.42. The smallest absolute Gasteiger partial charge is 0.410 e. The van der Waals surface area contributed by atoms with Crippen LogP contribution in [0, 0.1) is 5.92 Å². The standard InChI is InChI=1S/C15H28N2O4/c1-11(13(18)20-5)10-16-12-6-8-17(9-7-12)14(19)21-15(2,3)4/h11-12,16H,6-10H2,1-5H3. The number of carbonyl (C=O) groups is 2. The molecule has 0 aromatic carbocycles. The molecule has 0 radical (unpaired) electrons. The van der Waals surface area contributed by atoms with Gasteiger partial charge in [0.1, 0.15) is 5.60 Å². The van der Waals surface area contributed by atoms with Gasteiger partial charge in [-0.05, 0) is 33.6 Å². The number of nitrogens with one attached hydrogen (secondary N) is 1. The molecule has 0 aromatic rings. The zero-order valence-electron chi connectivity index (χ0n) is 13.8. The summed E-state index contributed by atoms with van der Waals surface area (Å²) in [7, 11) is 1.40. The summed E-state index contributed by atoms with van der Waals surface area (Å²) in [5, 5.41) is 3.36. The molecule has 6 heteroatoms. The largest absolute Gasteiger partial charge is 0.469 e. The number of rotatable bonds is 4. The van der Waals surface area contributed by atoms with E-state index in [2.05, 4.69) is 5.32 Å². The first-order valence-electron chi connectivity index (χ1n) is 7.52. The second kappa shape index (κ2) is 7.64. The summed E-state index contributed by atoms with van der Waals surface area (Å²) in [6.07, 6.45) is 1.49. The third-order valence-electron chi connectivity index (χ3n) is 3.46. The van der Waals surface area contributed by atoms with Crippen LogP contribution in [0.3, 0.4) is 0 Å². The maximum Gasteiger partial charge on any atom is 0.410 e. The molecule has 1 rings (SSSR count). The molecule has 1 heterocycles. The van der Waals surface area contributed by atoms with Gasteiger partial charge in [0.15, 0.2) is 0 Å². The normalized spacial score (nSPS) is 18.2. The zero-order chi connectivity index (χ0) is 16.0. The molecule has 122 valence electrons. The maximum atomic E-state index is 11.9. The van der Waals surface area contributed by atoms with Crippen molar-refractivity contribution in [2.45, 2.75) is 52.2 Å². The number of nitrogens with zero attached hydrogens (tertiary/aromatic N) is 1. The van der Waals surface area contributed by atoms with E-state index in [0.29, 0.717) is 25.7 Å². The lowest BCUT2D eigenvalue weighted by molar-refractivity contribution is -0.144. The predicted octanol–water partition coefficient (Wildman–Crippen LogP) is 1.78. The van der Waals surface area contributed by atoms with Crippen LogP contribution in [0.2, 0.25) is 0 Å². The van der Waals surface area contributed by atoms with Crippen LogP contribution in [0.5, 0.6) is 0 Å². The van der Waals surface area contributed by atoms with Crippen LogP contribution < -0.4 is 5.32 Å². The number of amides is 1. The van der Waals surface area contributed by atoms with E-state index in [0.717, 1.165) is 12.8 Å². The van der Waals surface area contributed by atoms with Crippen molar-refractivity contribution in [2.75, 3.05) is 26.7 Å². The van der Waals surface area contributed by atoms with Crippen molar-refractivity contribution < 1.29 is 19.1 Å². The van der Waals surface area contributed by atoms with E-state index in [9.17, 15) is 9.59 Å². The summed E-state index contributed by atoms with van der Waals surface area (Å²) in [4.78, 5) is 25.0. The van der Waals surface area contributed by atoms with E-state index >= 15 is 0 Å². The Hall–Kier alpha value is -1.30. The van der Waals surface area contributed by atoms with Crippen molar-refractivity contribution >= 4 is 12.1 Å². The molecular weight excluding hydrogens is 272 g/mol. The summed E-state index contributed by atoms with van der Waals surface area (Å²) in [5.74, 6) is -0.354. The number of hydrogen-bond acceptors (Lipinski definition) is 5. The monoisotopic (exact) mass is 300 g/mol. The molecule has 1 atom stereocenters. The van der Waals surface area contributed by atoms with Gasteiger partial charge < -0.3 is 19.7 Å². The van der Waals surface area contributed by atoms with Gasteiger partial charge >= 0.3 is 12.1 Å². The Labute approximate surface area is 127 Å². The Morgan fingerprint density at radius 1 is 1.29 bits per heavy atom. The summed E-state index contributed by atoms with van der Waals surface area (Å²) in [5.41, 5.74) is -0.456. The molecule has 21 heavy (non-hydrogen) atoms. The van der Waals surface area contributed by atoms with Crippen molar-refractivity contribution in [3.05, 3.63) is 0 Å². The number of hydrogen-bond donors (Lipinski definition) is 1. The maximum absolute atomic E-state index is 11.9. The Morgan fingerprint density at radius 3 is 2.33 bits per heavy atom. The highest BCUT2D eigenvalue weighted by atomic mass is 16.6. The van der Waals surface area contributed by atoms with Gasteiger partial charge in [-0.1, -0.05) is 6.92 Å². The van der Waals surface area contributed by atoms with Gasteiger partial charge in [0.25, 0.3) is 0 Å². The third kappa shape index (κ3) is 6.33. The number of piperidine rings is 1. The topological polar surface area (TPSA) is 67.9 Å². The molecule has 1 aliphatic heterocycles. The molecule has 1 unspecified atom stereocenters. The molecule has 1 amide bonds. The minimum Gasteiger partial charge on any atom is -0.469 e. The first-order chi connectivity index (χ1) is 9.73. The van der Waals surface area contributed by atoms with Crippen LogP contribution in [0.4, 0.5) is 4.79 Å². The van der Waals surface area contributed by atoms with E-state index in [1.165, 1.54) is 7.11 Å². The second-order valence-electron chi connectivity index (χ2n) is 6.57. The molecule has 0 saturated carbocycles. The fourth-order valence-electron chi connectivity index (χ4n) is 2.22. The minimum atomic E-state index is -0.456. The first-order valence-corrected chi connectivity index (χ1v) is 7.52. The van der Waals surface area contributed by atoms with Crippen molar-refractivity contribution in [2.24, 2.45) is 5.92 Å². The van der Waals surface area contributed by atoms with Crippen LogP contribution in [0.1, 0.15) is 40.5 Å². The second-order valence-corrected chi connectivity index (χ2v) is 6.57. The fraction of sp³-hybridized carbons (Fsp3) is 0.867. The number of methoxy groups -OCH3 is 1. The van der Waals surface area contributed by atoms with E-state index in [-0.39, 0.29) is 18.0 Å². The van der Waals surface area contributed by atoms with Gasteiger partial charge in [-0.15, -0.1) is 0 Å². The van der Waals surface area contributed by atoms with Gasteiger partial charge in [0.05, 0.1) is 13.0 Å². The molecule has 0 aliphatic carbocycles. The molecule has 1 saturated heterocycles. The fourth-order valence-corrected chi connectivity index (χ4v) is 2.22. The Morgan fingerprint density at radius 2 is 1.86 bits per heavy atom. The van der Waals surface area contributed by atoms with Gasteiger partial charge in [-0.25, -0.2) is 4.79 Å². The molecule has 1 N–H and O–H groups in total. The van der Waals surface area contributed by atoms with Crippen LogP contribution in [0.25, 0.3) is 0 Å². The molecule has 6 nitrogen and oxygen atoms in total. The molecule has 1 aliphatic rings. The Bertz CT molecular complexity index is 357. The number of carbonyl (C=O) groups excluding carboxylic acids is 2. The van der Waals surface area contributed by atoms with Crippen molar-refractivity contribution in [3.63, 3.8) is 0 Å². The van der Waals surface area contributed by atoms with Crippen LogP contribution in [-0.2, 0) is 14.3 Å². The highest BCUT2D eigenvalue weighted by Gasteiger charge is 2.27. The molecule has 0 aromatic heterocycles. The summed E-state index contributed by atoms with van der Waals surface area (Å²) in [6.45, 7) is 9.41. The van der Waals surface area contributed by atoms with E-state index in [1.807, 2.05) is 27.7 Å². The SMILES string of the molecule is COC(=O)C(C)CNC1CCN(C(=O)OC(C)(C)C)CC1. The minimum absolute atomic E-state index is 0.154. The molecule has 0 spiro atoms. The van der Waals surface area contributed by atoms with E-state index in [4.69, 9.17) is 9.47 Å². The summed E-state index contributed by atoms with van der Waals surface area (Å²) in [6, 6.07) is 0.329. The summed E-state index contributed by atoms with van der Waals surface area (Å²) >= 11 is 0. The lowest BCUT2D eigenvalue weighted by Crippen LogP contribution is -2.47. The molecule has 0 bridgehead atoms. The lowest BCUT2D eigenvalue weighted by Gasteiger charge is -2.34. The van der Waals surface area contributed by atoms with Gasteiger partial charge in [-0.3, -0.25) is 4.79 Å². The lowest BCUT2D eigenvalue weighted by atomic mass is 10.0. The van der Waals surface area contributed by atoms with E-state index < -0.39 is 5.60 Å². The van der Waals surface area contributed by atoms with Crippen molar-refractivity contribution in [3.8, 4) is 0 Å². The number of esters is 1. The first kappa shape index (κ1) is 17.8. The van der Waals surface area contributed by atoms with Crippen LogP contribution >= 0.6 is 0 Å². The van der Waals surface area contributed by atoms with Gasteiger partial charge in [0, 0.05) is 25.7 Å². The highest BCUT2D eigenvalue weighted by molar-refractivity contribution is 5.72. The quantitative estimate of drug-likeness (QED) is 0.802. The van der Waals surface area contributed by atoms with Gasteiger partial charge in [-0.2, -0.15) is 0 Å². The van der Waals surface area contributed by atoms with Crippen molar-refractivity contribution in [1.29, 1.82) is 0 Å². The van der Waals surface area contributed by atoms with Crippen molar-refractivity contribution in [1.82, 2.24) is 10.2 Å². The van der Waals surface area contributed by atoms with Gasteiger partial charge in [0.2, 0.25) is 0 Å². The number of ether oxygens (including phenoxy) is 2. The zero-order valence-corrected chi connectivity index (χ0v) is 13.8. The Kier molecular flexibility index (Phi) is 6.45. The van der Waals surface area contributed by atoms with Crippen LogP contribution in [-0.4, -0.2) is 55.3 Å². The average molecular weight is 300 g/mol. The Balaban J connectivity index is 2.29. The van der Waals surface area contributed by atoms with E-state index in [1.54, 1.807) is 4.90 Å². The van der Waals surface area contributed by atoms with Crippen LogP contribution in [0.15, 0.2) is 0 Å². The summed E-state index contributed by atoms with van der Waals surface area (Å²) < 4.78 is 10.1. The predicted molar refractivity (Wildman–Crippen MR) is 80.0 cm³/mol. The highest BCUT2D eigenvalue weighted by Crippen LogP contribution is 2.15. The molecule has 1 fully saturated rings. The number of likely N-dealkylation sites (tertiary alicyclic amines) is 1. The third-order valence-corrected chi connectivity index (χ3v) is 3.46.